The smallest absolute Gasteiger partial charge is 0.317 e. The number of urea groups is 1. The number of carboxylic acids is 1. The summed E-state index contributed by atoms with van der Waals surface area (Å²) < 4.78 is 0. The molecule has 1 aromatic rings. The number of nitrogens with one attached hydrogen (secondary N) is 2. The number of amides is 2. The number of hydrogen-bond acceptors (Lipinski definition) is 4. The zero-order chi connectivity index (χ0) is 13.0. The van der Waals surface area contributed by atoms with Gasteiger partial charge >= 0.3 is 12.0 Å². The van der Waals surface area contributed by atoms with Crippen LogP contribution in [0.4, 0.5) is 4.79 Å². The van der Waals surface area contributed by atoms with Gasteiger partial charge in [0, 0.05) is 26.1 Å². The van der Waals surface area contributed by atoms with E-state index in [9.17, 15) is 9.59 Å². The van der Waals surface area contributed by atoms with Crippen LogP contribution in [0.15, 0.2) is 6.33 Å². The summed E-state index contributed by atoms with van der Waals surface area (Å²) >= 11 is 0. The molecule has 0 bridgehead atoms. The van der Waals surface area contributed by atoms with E-state index >= 15 is 0 Å². The first-order valence-electron chi connectivity index (χ1n) is 5.76. The highest BCUT2D eigenvalue weighted by molar-refractivity contribution is 5.79. The predicted octanol–water partition coefficient (Wildman–Crippen LogP) is -0.537. The van der Waals surface area contributed by atoms with E-state index in [0.29, 0.717) is 19.6 Å². The number of H-pyrrole nitrogens is 1. The van der Waals surface area contributed by atoms with E-state index in [1.807, 2.05) is 0 Å². The van der Waals surface area contributed by atoms with Gasteiger partial charge in [-0.25, -0.2) is 9.78 Å². The lowest BCUT2D eigenvalue weighted by atomic mass is 10.0. The fourth-order valence-electron chi connectivity index (χ4n) is 1.71. The molecule has 1 saturated heterocycles. The Labute approximate surface area is 103 Å². The maximum atomic E-state index is 11.5. The van der Waals surface area contributed by atoms with Gasteiger partial charge in [0.2, 0.25) is 0 Å². The van der Waals surface area contributed by atoms with Crippen LogP contribution in [0.25, 0.3) is 0 Å². The van der Waals surface area contributed by atoms with Crippen LogP contribution in [0.3, 0.4) is 0 Å². The predicted molar refractivity (Wildman–Crippen MR) is 60.8 cm³/mol. The number of aliphatic carboxylic acids is 1. The number of aromatic nitrogens is 3. The second-order valence-electron chi connectivity index (χ2n) is 4.21. The van der Waals surface area contributed by atoms with Crippen molar-refractivity contribution in [3.63, 3.8) is 0 Å². The van der Waals surface area contributed by atoms with Crippen molar-refractivity contribution in [2.24, 2.45) is 5.92 Å². The Morgan fingerprint density at radius 2 is 2.33 bits per heavy atom. The highest BCUT2D eigenvalue weighted by Crippen LogP contribution is 2.15. The first kappa shape index (κ1) is 12.3. The molecule has 0 unspecified atom stereocenters. The van der Waals surface area contributed by atoms with Gasteiger partial charge in [-0.05, 0) is 6.42 Å². The maximum absolute atomic E-state index is 11.5. The minimum absolute atomic E-state index is 0.204. The Morgan fingerprint density at radius 1 is 1.56 bits per heavy atom. The highest BCUT2D eigenvalue weighted by atomic mass is 16.4. The molecule has 2 heterocycles. The van der Waals surface area contributed by atoms with Crippen LogP contribution in [0, 0.1) is 5.92 Å². The topological polar surface area (TPSA) is 111 Å². The third-order valence-electron chi connectivity index (χ3n) is 2.85. The summed E-state index contributed by atoms with van der Waals surface area (Å²) in [7, 11) is 0. The van der Waals surface area contributed by atoms with Crippen LogP contribution in [0.2, 0.25) is 0 Å². The third-order valence-corrected chi connectivity index (χ3v) is 2.85. The Kier molecular flexibility index (Phi) is 3.75. The van der Waals surface area contributed by atoms with Gasteiger partial charge in [-0.3, -0.25) is 9.89 Å². The summed E-state index contributed by atoms with van der Waals surface area (Å²) in [4.78, 5) is 27.6. The normalized spacial score (nSPS) is 15.2. The summed E-state index contributed by atoms with van der Waals surface area (Å²) in [5.41, 5.74) is 0. The molecule has 1 aliphatic heterocycles. The number of aryl methyl sites for hydroxylation is 1. The molecule has 8 heteroatoms. The number of aromatic amines is 1. The van der Waals surface area contributed by atoms with E-state index in [-0.39, 0.29) is 6.03 Å². The maximum Gasteiger partial charge on any atom is 0.317 e. The molecule has 0 aromatic carbocycles. The van der Waals surface area contributed by atoms with Crippen molar-refractivity contribution in [1.29, 1.82) is 0 Å². The summed E-state index contributed by atoms with van der Waals surface area (Å²) in [6.07, 6.45) is 2.93. The van der Waals surface area contributed by atoms with Crippen molar-refractivity contribution >= 4 is 12.0 Å². The number of carbonyl (C=O) groups is 2. The first-order chi connectivity index (χ1) is 8.66. The summed E-state index contributed by atoms with van der Waals surface area (Å²) in [5.74, 6) is -0.464. The van der Waals surface area contributed by atoms with Crippen LogP contribution in [0.5, 0.6) is 0 Å². The lowest BCUT2D eigenvalue weighted by Crippen LogP contribution is -2.56. The SMILES string of the molecule is O=C(O)C1CN(C(=O)NCCCc2ncn[nH]2)C1. The molecule has 2 rings (SSSR count). The molecule has 98 valence electrons. The minimum atomic E-state index is -0.843. The molecule has 0 saturated carbocycles. The molecule has 0 spiro atoms. The van der Waals surface area contributed by atoms with Crippen LogP contribution in [0.1, 0.15) is 12.2 Å². The second kappa shape index (κ2) is 5.48. The van der Waals surface area contributed by atoms with Crippen molar-refractivity contribution in [2.45, 2.75) is 12.8 Å². The van der Waals surface area contributed by atoms with E-state index in [0.717, 1.165) is 18.7 Å². The van der Waals surface area contributed by atoms with Gasteiger partial charge in [0.05, 0.1) is 5.92 Å². The number of hydrogen-bond donors (Lipinski definition) is 3. The Bertz CT molecular complexity index is 413. The van der Waals surface area contributed by atoms with Crippen LogP contribution >= 0.6 is 0 Å². The van der Waals surface area contributed by atoms with Crippen LogP contribution < -0.4 is 5.32 Å². The van der Waals surface area contributed by atoms with Gasteiger partial charge in [-0.1, -0.05) is 0 Å². The van der Waals surface area contributed by atoms with E-state index in [2.05, 4.69) is 20.5 Å². The van der Waals surface area contributed by atoms with Crippen molar-refractivity contribution < 1.29 is 14.7 Å². The monoisotopic (exact) mass is 253 g/mol. The highest BCUT2D eigenvalue weighted by Gasteiger charge is 2.35. The second-order valence-corrected chi connectivity index (χ2v) is 4.21. The van der Waals surface area contributed by atoms with E-state index < -0.39 is 11.9 Å². The molecule has 2 amide bonds. The third kappa shape index (κ3) is 2.96. The molecule has 18 heavy (non-hydrogen) atoms. The molecule has 3 N–H and O–H groups in total. The number of rotatable bonds is 5. The Morgan fingerprint density at radius 3 is 2.94 bits per heavy atom. The van der Waals surface area contributed by atoms with Crippen LogP contribution in [-0.4, -0.2) is 56.8 Å². The van der Waals surface area contributed by atoms with Crippen LogP contribution in [-0.2, 0) is 11.2 Å². The molecular weight excluding hydrogens is 238 g/mol. The first-order valence-corrected chi connectivity index (χ1v) is 5.76. The number of nitrogens with zero attached hydrogens (tertiary/aromatic N) is 3. The summed E-state index contributed by atoms with van der Waals surface area (Å²) in [6, 6.07) is -0.204. The standard InChI is InChI=1S/C10H15N5O3/c16-9(17)7-4-15(5-7)10(18)11-3-1-2-8-12-6-13-14-8/h6-7H,1-5H2,(H,11,18)(H,16,17)(H,12,13,14). The molecule has 0 radical (unpaired) electrons. The largest absolute Gasteiger partial charge is 0.481 e. The Balaban J connectivity index is 1.57. The zero-order valence-corrected chi connectivity index (χ0v) is 9.80. The molecule has 0 aliphatic carbocycles. The quantitative estimate of drug-likeness (QED) is 0.610. The summed E-state index contributed by atoms with van der Waals surface area (Å²) in [6.45, 7) is 1.13. The molecule has 1 aliphatic rings. The van der Waals surface area contributed by atoms with E-state index in [1.54, 1.807) is 0 Å². The summed E-state index contributed by atoms with van der Waals surface area (Å²) in [5, 5.41) is 17.9. The number of likely N-dealkylation sites (tertiary alicyclic amines) is 1. The molecule has 1 fully saturated rings. The molecular formula is C10H15N5O3. The van der Waals surface area contributed by atoms with E-state index in [1.165, 1.54) is 11.2 Å². The minimum Gasteiger partial charge on any atom is -0.481 e. The van der Waals surface area contributed by atoms with Gasteiger partial charge < -0.3 is 15.3 Å². The fourth-order valence-corrected chi connectivity index (χ4v) is 1.71. The van der Waals surface area contributed by atoms with Gasteiger partial charge in [0.15, 0.2) is 0 Å². The lowest BCUT2D eigenvalue weighted by molar-refractivity contribution is -0.146. The molecule has 0 atom stereocenters. The van der Waals surface area contributed by atoms with E-state index in [4.69, 9.17) is 5.11 Å². The lowest BCUT2D eigenvalue weighted by Gasteiger charge is -2.36. The van der Waals surface area contributed by atoms with Crippen molar-refractivity contribution in [3.05, 3.63) is 12.2 Å². The number of carbonyl (C=O) groups excluding carboxylic acids is 1. The fraction of sp³-hybridized carbons (Fsp3) is 0.600. The molecule has 8 nitrogen and oxygen atoms in total. The Hall–Kier alpha value is -2.12. The van der Waals surface area contributed by atoms with Crippen molar-refractivity contribution in [3.8, 4) is 0 Å². The van der Waals surface area contributed by atoms with Gasteiger partial charge in [0.25, 0.3) is 0 Å². The molecule has 1 aromatic heterocycles. The van der Waals surface area contributed by atoms with Crippen molar-refractivity contribution in [2.75, 3.05) is 19.6 Å². The van der Waals surface area contributed by atoms with Gasteiger partial charge in [-0.2, -0.15) is 5.10 Å². The van der Waals surface area contributed by atoms with Gasteiger partial charge in [0.1, 0.15) is 12.2 Å². The average Bonchev–Trinajstić information content (AvgIpc) is 2.74. The zero-order valence-electron chi connectivity index (χ0n) is 9.80. The van der Waals surface area contributed by atoms with Crippen molar-refractivity contribution in [1.82, 2.24) is 25.4 Å². The number of carboxylic acid groups (broad SMARTS) is 1. The van der Waals surface area contributed by atoms with Gasteiger partial charge in [-0.15, -0.1) is 0 Å². The average molecular weight is 253 g/mol.